The van der Waals surface area contributed by atoms with E-state index in [1.54, 1.807) is 0 Å². The highest BCUT2D eigenvalue weighted by Gasteiger charge is 2.07. The number of benzene rings is 1. The Balaban J connectivity index is 2.93. The average molecular weight is 218 g/mol. The summed E-state index contributed by atoms with van der Waals surface area (Å²) in [4.78, 5) is 10.9. The number of anilines is 1. The lowest BCUT2D eigenvalue weighted by molar-refractivity contribution is -0.113. The van der Waals surface area contributed by atoms with Gasteiger partial charge in [0.15, 0.2) is 0 Å². The number of alkyl halides is 1. The molecule has 0 bridgehead atoms. The average Bonchev–Trinajstić information content (AvgIpc) is 2.18. The standard InChI is InChI=1S/C9H9ClFNO2/c1-14-8-3-2-6(11)4-7(8)12-9(13)5-10/h2-4H,5H2,1H3,(H,12,13). The Hall–Kier alpha value is -1.29. The summed E-state index contributed by atoms with van der Waals surface area (Å²) in [6.45, 7) is 0. The van der Waals surface area contributed by atoms with Crippen LogP contribution in [0.1, 0.15) is 0 Å². The predicted molar refractivity (Wildman–Crippen MR) is 52.3 cm³/mol. The zero-order valence-corrected chi connectivity index (χ0v) is 8.27. The molecule has 0 aliphatic carbocycles. The second-order valence-electron chi connectivity index (χ2n) is 2.53. The van der Waals surface area contributed by atoms with Crippen molar-refractivity contribution in [3.63, 3.8) is 0 Å². The Morgan fingerprint density at radius 2 is 2.36 bits per heavy atom. The minimum atomic E-state index is -0.448. The maximum atomic E-state index is 12.8. The minimum Gasteiger partial charge on any atom is -0.495 e. The highest BCUT2D eigenvalue weighted by atomic mass is 35.5. The molecule has 14 heavy (non-hydrogen) atoms. The van der Waals surface area contributed by atoms with Gasteiger partial charge in [0.25, 0.3) is 0 Å². The van der Waals surface area contributed by atoms with Crippen LogP contribution in [0.4, 0.5) is 10.1 Å². The molecule has 0 atom stereocenters. The van der Waals surface area contributed by atoms with E-state index in [4.69, 9.17) is 16.3 Å². The van der Waals surface area contributed by atoms with Crippen LogP contribution in [-0.4, -0.2) is 18.9 Å². The molecule has 0 aliphatic rings. The van der Waals surface area contributed by atoms with Gasteiger partial charge >= 0.3 is 0 Å². The summed E-state index contributed by atoms with van der Waals surface area (Å²) in [6.07, 6.45) is 0. The summed E-state index contributed by atoms with van der Waals surface area (Å²) in [6, 6.07) is 3.84. The normalized spacial score (nSPS) is 9.64. The molecule has 0 unspecified atom stereocenters. The molecule has 1 aromatic rings. The molecule has 0 saturated heterocycles. The SMILES string of the molecule is COc1ccc(F)cc1NC(=O)CCl. The van der Waals surface area contributed by atoms with Gasteiger partial charge in [0.1, 0.15) is 17.4 Å². The van der Waals surface area contributed by atoms with Gasteiger partial charge in [-0.3, -0.25) is 4.79 Å². The van der Waals surface area contributed by atoms with Crippen molar-refractivity contribution in [2.75, 3.05) is 18.3 Å². The zero-order chi connectivity index (χ0) is 10.6. The summed E-state index contributed by atoms with van der Waals surface area (Å²) < 4.78 is 17.7. The van der Waals surface area contributed by atoms with Crippen LogP contribution in [0.25, 0.3) is 0 Å². The Kier molecular flexibility index (Phi) is 3.71. The fourth-order valence-corrected chi connectivity index (χ4v) is 1.03. The van der Waals surface area contributed by atoms with Gasteiger partial charge in [-0.25, -0.2) is 4.39 Å². The van der Waals surface area contributed by atoms with Crippen molar-refractivity contribution in [2.45, 2.75) is 0 Å². The van der Waals surface area contributed by atoms with E-state index in [-0.39, 0.29) is 11.6 Å². The first-order valence-electron chi connectivity index (χ1n) is 3.86. The van der Waals surface area contributed by atoms with Crippen molar-refractivity contribution < 1.29 is 13.9 Å². The zero-order valence-electron chi connectivity index (χ0n) is 7.51. The minimum absolute atomic E-state index is 0.181. The Morgan fingerprint density at radius 1 is 1.64 bits per heavy atom. The van der Waals surface area contributed by atoms with Crippen LogP contribution in [0, 0.1) is 5.82 Å². The fourth-order valence-electron chi connectivity index (χ4n) is 0.961. The summed E-state index contributed by atoms with van der Waals surface area (Å²) >= 11 is 5.29. The number of halogens is 2. The molecular formula is C9H9ClFNO2. The van der Waals surface area contributed by atoms with E-state index in [1.807, 2.05) is 0 Å². The molecule has 1 rings (SSSR count). The van der Waals surface area contributed by atoms with E-state index in [0.29, 0.717) is 5.75 Å². The van der Waals surface area contributed by atoms with Gasteiger partial charge in [0.05, 0.1) is 12.8 Å². The van der Waals surface area contributed by atoms with Crippen molar-refractivity contribution in [3.05, 3.63) is 24.0 Å². The first-order valence-corrected chi connectivity index (χ1v) is 4.40. The first-order chi connectivity index (χ1) is 6.67. The van der Waals surface area contributed by atoms with Gasteiger partial charge in [0.2, 0.25) is 5.91 Å². The number of methoxy groups -OCH3 is 1. The number of ether oxygens (including phenoxy) is 1. The van der Waals surface area contributed by atoms with Gasteiger partial charge in [-0.2, -0.15) is 0 Å². The third-order valence-electron chi connectivity index (χ3n) is 1.56. The number of rotatable bonds is 3. The number of hydrogen-bond donors (Lipinski definition) is 1. The molecule has 0 spiro atoms. The quantitative estimate of drug-likeness (QED) is 0.787. The van der Waals surface area contributed by atoms with Gasteiger partial charge < -0.3 is 10.1 Å². The highest BCUT2D eigenvalue weighted by Crippen LogP contribution is 2.24. The third-order valence-corrected chi connectivity index (χ3v) is 1.80. The second-order valence-corrected chi connectivity index (χ2v) is 2.79. The number of carbonyl (C=O) groups excluding carboxylic acids is 1. The van der Waals surface area contributed by atoms with Crippen LogP contribution < -0.4 is 10.1 Å². The summed E-state index contributed by atoms with van der Waals surface area (Å²) in [5.74, 6) is -0.643. The van der Waals surface area contributed by atoms with E-state index < -0.39 is 11.7 Å². The molecule has 0 heterocycles. The van der Waals surface area contributed by atoms with E-state index in [9.17, 15) is 9.18 Å². The summed E-state index contributed by atoms with van der Waals surface area (Å²) in [5.41, 5.74) is 0.276. The topological polar surface area (TPSA) is 38.3 Å². The first kappa shape index (κ1) is 10.8. The Bertz CT molecular complexity index is 344. The smallest absolute Gasteiger partial charge is 0.239 e. The number of amides is 1. The lowest BCUT2D eigenvalue weighted by Gasteiger charge is -2.08. The van der Waals surface area contributed by atoms with Crippen LogP contribution in [-0.2, 0) is 4.79 Å². The monoisotopic (exact) mass is 217 g/mol. The van der Waals surface area contributed by atoms with Gasteiger partial charge in [-0.1, -0.05) is 0 Å². The molecule has 3 nitrogen and oxygen atoms in total. The van der Waals surface area contributed by atoms with E-state index in [1.165, 1.54) is 25.3 Å². The second kappa shape index (κ2) is 4.81. The maximum Gasteiger partial charge on any atom is 0.239 e. The van der Waals surface area contributed by atoms with Crippen LogP contribution in [0.3, 0.4) is 0 Å². The maximum absolute atomic E-state index is 12.8. The van der Waals surface area contributed by atoms with Crippen LogP contribution in [0.15, 0.2) is 18.2 Å². The van der Waals surface area contributed by atoms with Crippen molar-refractivity contribution in [1.82, 2.24) is 0 Å². The lowest BCUT2D eigenvalue weighted by Crippen LogP contribution is -2.13. The van der Waals surface area contributed by atoms with Crippen molar-refractivity contribution in [3.8, 4) is 5.75 Å². The van der Waals surface area contributed by atoms with Gasteiger partial charge in [0, 0.05) is 6.07 Å². The number of nitrogens with one attached hydrogen (secondary N) is 1. The molecule has 1 N–H and O–H groups in total. The van der Waals surface area contributed by atoms with Crippen molar-refractivity contribution in [2.24, 2.45) is 0 Å². The van der Waals surface area contributed by atoms with Crippen molar-refractivity contribution in [1.29, 1.82) is 0 Å². The molecule has 1 amide bonds. The van der Waals surface area contributed by atoms with Crippen molar-refractivity contribution >= 4 is 23.2 Å². The van der Waals surface area contributed by atoms with Gasteiger partial charge in [-0.05, 0) is 12.1 Å². The predicted octanol–water partition coefficient (Wildman–Crippen LogP) is 2.01. The molecule has 0 saturated carbocycles. The molecule has 0 radical (unpaired) electrons. The number of carbonyl (C=O) groups is 1. The molecule has 0 aromatic heterocycles. The van der Waals surface area contributed by atoms with E-state index >= 15 is 0 Å². The van der Waals surface area contributed by atoms with E-state index in [0.717, 1.165) is 0 Å². The Morgan fingerprint density at radius 3 is 2.93 bits per heavy atom. The number of hydrogen-bond acceptors (Lipinski definition) is 2. The fraction of sp³-hybridized carbons (Fsp3) is 0.222. The molecular weight excluding hydrogens is 209 g/mol. The summed E-state index contributed by atoms with van der Waals surface area (Å²) in [5, 5.41) is 2.42. The van der Waals surface area contributed by atoms with Gasteiger partial charge in [-0.15, -0.1) is 11.6 Å². The molecule has 76 valence electrons. The van der Waals surface area contributed by atoms with Crippen LogP contribution in [0.5, 0.6) is 5.75 Å². The molecule has 1 aromatic carbocycles. The highest BCUT2D eigenvalue weighted by molar-refractivity contribution is 6.29. The summed E-state index contributed by atoms with van der Waals surface area (Å²) in [7, 11) is 1.43. The Labute approximate surface area is 85.8 Å². The third kappa shape index (κ3) is 2.60. The van der Waals surface area contributed by atoms with Crippen LogP contribution in [0.2, 0.25) is 0 Å². The largest absolute Gasteiger partial charge is 0.495 e. The van der Waals surface area contributed by atoms with E-state index in [2.05, 4.69) is 5.32 Å². The molecule has 5 heteroatoms. The molecule has 0 fully saturated rings. The molecule has 0 aliphatic heterocycles. The lowest BCUT2D eigenvalue weighted by atomic mass is 10.3. The van der Waals surface area contributed by atoms with Crippen LogP contribution >= 0.6 is 11.6 Å².